The third kappa shape index (κ3) is 4.63. The van der Waals surface area contributed by atoms with Gasteiger partial charge in [-0.3, -0.25) is 4.79 Å². The summed E-state index contributed by atoms with van der Waals surface area (Å²) in [4.78, 5) is 24.4. The summed E-state index contributed by atoms with van der Waals surface area (Å²) in [5.41, 5.74) is 0.378. The number of rotatable bonds is 9. The van der Waals surface area contributed by atoms with Gasteiger partial charge in [-0.15, -0.1) is 0 Å². The number of hydrogen-bond donors (Lipinski definition) is 2. The van der Waals surface area contributed by atoms with Crippen LogP contribution in [0.1, 0.15) is 56.3 Å². The number of methoxy groups -OCH3 is 1. The standard InChI is InChI=1S/C23H33N3O5/c1-13(2)12-31-22-18(11-24-26(22)5-4-19(30-3)23(28)29)21(27)25-20-16-7-14-6-15(9-16)10-17(20)8-14/h4-5,11,13-17,19-20H,6-10,12H2,1-3H3,(H,25,27)(H,28,29). The van der Waals surface area contributed by atoms with Crippen molar-refractivity contribution in [3.8, 4) is 5.88 Å². The van der Waals surface area contributed by atoms with Gasteiger partial charge in [0.15, 0.2) is 6.10 Å². The van der Waals surface area contributed by atoms with E-state index < -0.39 is 12.1 Å². The number of amides is 1. The van der Waals surface area contributed by atoms with E-state index in [-0.39, 0.29) is 17.9 Å². The highest BCUT2D eigenvalue weighted by atomic mass is 16.5. The average molecular weight is 432 g/mol. The van der Waals surface area contributed by atoms with Gasteiger partial charge in [-0.2, -0.15) is 5.10 Å². The summed E-state index contributed by atoms with van der Waals surface area (Å²) < 4.78 is 12.3. The zero-order valence-electron chi connectivity index (χ0n) is 18.5. The first kappa shape index (κ1) is 21.9. The van der Waals surface area contributed by atoms with Gasteiger partial charge in [-0.25, -0.2) is 9.48 Å². The highest BCUT2D eigenvalue weighted by Crippen LogP contribution is 2.53. The van der Waals surface area contributed by atoms with Gasteiger partial charge in [0, 0.05) is 19.4 Å². The number of carboxylic acid groups (broad SMARTS) is 1. The zero-order valence-corrected chi connectivity index (χ0v) is 18.5. The van der Waals surface area contributed by atoms with Crippen LogP contribution in [0.4, 0.5) is 0 Å². The highest BCUT2D eigenvalue weighted by molar-refractivity contribution is 5.96. The Hall–Kier alpha value is -2.35. The molecule has 0 spiro atoms. The molecule has 31 heavy (non-hydrogen) atoms. The van der Waals surface area contributed by atoms with Gasteiger partial charge in [0.1, 0.15) is 5.56 Å². The van der Waals surface area contributed by atoms with Crippen molar-refractivity contribution in [2.24, 2.45) is 29.6 Å². The predicted octanol–water partition coefficient (Wildman–Crippen LogP) is 3.04. The van der Waals surface area contributed by atoms with E-state index in [1.54, 1.807) is 0 Å². The fraction of sp³-hybridized carbons (Fsp3) is 0.696. The lowest BCUT2D eigenvalue weighted by Gasteiger charge is -2.54. The number of carbonyl (C=O) groups excluding carboxylic acids is 1. The van der Waals surface area contributed by atoms with Gasteiger partial charge in [-0.05, 0) is 67.8 Å². The van der Waals surface area contributed by atoms with Crippen LogP contribution in [0.5, 0.6) is 5.88 Å². The Morgan fingerprint density at radius 2 is 1.87 bits per heavy atom. The Labute approximate surface area is 183 Å². The first-order valence-electron chi connectivity index (χ1n) is 11.3. The molecule has 5 rings (SSSR count). The minimum atomic E-state index is -1.10. The molecule has 4 bridgehead atoms. The van der Waals surface area contributed by atoms with Crippen LogP contribution in [0, 0.1) is 29.6 Å². The van der Waals surface area contributed by atoms with Gasteiger partial charge >= 0.3 is 5.97 Å². The molecular formula is C23H33N3O5. The van der Waals surface area contributed by atoms with Gasteiger partial charge in [0.05, 0.1) is 12.8 Å². The quantitative estimate of drug-likeness (QED) is 0.623. The molecule has 4 fully saturated rings. The Balaban J connectivity index is 1.52. The number of carbonyl (C=O) groups is 2. The predicted molar refractivity (Wildman–Crippen MR) is 115 cm³/mol. The monoisotopic (exact) mass is 431 g/mol. The van der Waals surface area contributed by atoms with Crippen LogP contribution in [0.15, 0.2) is 12.3 Å². The van der Waals surface area contributed by atoms with Gasteiger partial charge < -0.3 is 19.9 Å². The molecule has 1 unspecified atom stereocenters. The molecule has 1 atom stereocenters. The van der Waals surface area contributed by atoms with Crippen LogP contribution < -0.4 is 10.1 Å². The van der Waals surface area contributed by atoms with Crippen molar-refractivity contribution in [1.29, 1.82) is 0 Å². The first-order valence-corrected chi connectivity index (χ1v) is 11.3. The van der Waals surface area contributed by atoms with Gasteiger partial charge in [-0.1, -0.05) is 13.8 Å². The molecular weight excluding hydrogens is 398 g/mol. The zero-order chi connectivity index (χ0) is 22.1. The normalized spacial score (nSPS) is 30.1. The number of nitrogens with zero attached hydrogens (tertiary/aromatic N) is 2. The summed E-state index contributed by atoms with van der Waals surface area (Å²) in [5.74, 6) is 2.16. The number of aliphatic carboxylic acids is 1. The molecule has 8 heteroatoms. The van der Waals surface area contributed by atoms with E-state index in [9.17, 15) is 14.7 Å². The first-order chi connectivity index (χ1) is 14.9. The van der Waals surface area contributed by atoms with Crippen molar-refractivity contribution >= 4 is 18.1 Å². The second-order valence-corrected chi connectivity index (χ2v) is 9.78. The molecule has 0 radical (unpaired) electrons. The Bertz CT molecular complexity index is 818. The molecule has 0 aliphatic heterocycles. The maximum Gasteiger partial charge on any atom is 0.336 e. The Kier molecular flexibility index (Phi) is 6.36. The Morgan fingerprint density at radius 3 is 2.42 bits per heavy atom. The van der Waals surface area contributed by atoms with Crippen molar-refractivity contribution in [2.75, 3.05) is 13.7 Å². The molecule has 4 aliphatic carbocycles. The minimum absolute atomic E-state index is 0.169. The number of hydrogen-bond acceptors (Lipinski definition) is 5. The van der Waals surface area contributed by atoms with E-state index in [4.69, 9.17) is 9.47 Å². The molecule has 8 nitrogen and oxygen atoms in total. The molecule has 4 saturated carbocycles. The maximum atomic E-state index is 13.2. The van der Waals surface area contributed by atoms with Crippen molar-refractivity contribution in [2.45, 2.75) is 58.1 Å². The van der Waals surface area contributed by atoms with Crippen LogP contribution in [0.3, 0.4) is 0 Å². The molecule has 1 aromatic heterocycles. The van der Waals surface area contributed by atoms with Gasteiger partial charge in [0.2, 0.25) is 5.88 Å². The van der Waals surface area contributed by atoms with Crippen LogP contribution in [0.2, 0.25) is 0 Å². The molecule has 1 amide bonds. The van der Waals surface area contributed by atoms with E-state index in [0.29, 0.717) is 29.9 Å². The summed E-state index contributed by atoms with van der Waals surface area (Å²) in [6.07, 6.45) is 9.51. The fourth-order valence-corrected chi connectivity index (χ4v) is 5.81. The lowest BCUT2D eigenvalue weighted by Crippen LogP contribution is -2.55. The van der Waals surface area contributed by atoms with Crippen LogP contribution in [-0.4, -0.2) is 52.6 Å². The molecule has 4 aliphatic rings. The number of aromatic nitrogens is 2. The summed E-state index contributed by atoms with van der Waals surface area (Å²) in [7, 11) is 1.33. The smallest absolute Gasteiger partial charge is 0.336 e. The average Bonchev–Trinajstić information content (AvgIpc) is 3.11. The largest absolute Gasteiger partial charge is 0.479 e. The topological polar surface area (TPSA) is 103 Å². The van der Waals surface area contributed by atoms with Crippen molar-refractivity contribution in [3.63, 3.8) is 0 Å². The van der Waals surface area contributed by atoms with Crippen molar-refractivity contribution in [3.05, 3.63) is 17.8 Å². The second kappa shape index (κ2) is 9.02. The van der Waals surface area contributed by atoms with Crippen molar-refractivity contribution < 1.29 is 24.2 Å². The van der Waals surface area contributed by atoms with E-state index in [1.807, 2.05) is 13.8 Å². The molecule has 0 aromatic carbocycles. The number of ether oxygens (including phenoxy) is 2. The van der Waals surface area contributed by atoms with E-state index in [2.05, 4.69) is 10.4 Å². The summed E-state index contributed by atoms with van der Waals surface area (Å²) in [5, 5.41) is 16.7. The summed E-state index contributed by atoms with van der Waals surface area (Å²) >= 11 is 0. The van der Waals surface area contributed by atoms with E-state index in [1.165, 1.54) is 62.4 Å². The Morgan fingerprint density at radius 1 is 1.23 bits per heavy atom. The van der Waals surface area contributed by atoms with Crippen LogP contribution >= 0.6 is 0 Å². The number of carboxylic acids is 1. The van der Waals surface area contributed by atoms with Crippen LogP contribution in [0.25, 0.3) is 6.20 Å². The molecule has 0 saturated heterocycles. The minimum Gasteiger partial charge on any atom is -0.479 e. The third-order valence-corrected chi connectivity index (χ3v) is 6.97. The highest BCUT2D eigenvalue weighted by Gasteiger charge is 2.48. The van der Waals surface area contributed by atoms with Crippen molar-refractivity contribution in [1.82, 2.24) is 15.1 Å². The fourth-order valence-electron chi connectivity index (χ4n) is 5.81. The lowest BCUT2D eigenvalue weighted by molar-refractivity contribution is -0.145. The lowest BCUT2D eigenvalue weighted by atomic mass is 9.54. The summed E-state index contributed by atoms with van der Waals surface area (Å²) in [6.45, 7) is 4.47. The second-order valence-electron chi connectivity index (χ2n) is 9.78. The third-order valence-electron chi connectivity index (χ3n) is 6.97. The molecule has 170 valence electrons. The van der Waals surface area contributed by atoms with E-state index in [0.717, 1.165) is 11.8 Å². The van der Waals surface area contributed by atoms with E-state index >= 15 is 0 Å². The van der Waals surface area contributed by atoms with Crippen LogP contribution in [-0.2, 0) is 9.53 Å². The molecule has 2 N–H and O–H groups in total. The summed E-state index contributed by atoms with van der Waals surface area (Å²) in [6, 6.07) is 0.224. The SMILES string of the molecule is COC(C=Cn1ncc(C(=O)NC2C3CC4CC(C3)CC2C4)c1OCC(C)C)C(=O)O. The van der Waals surface area contributed by atoms with Gasteiger partial charge in [0.25, 0.3) is 5.91 Å². The molecule has 1 heterocycles. The maximum absolute atomic E-state index is 13.2. The molecule has 1 aromatic rings. The number of nitrogens with one attached hydrogen (secondary N) is 1.